The molecular formula is C17H25FN2O. The molecule has 116 valence electrons. The number of benzene rings is 1. The Morgan fingerprint density at radius 1 is 1.29 bits per heavy atom. The topological polar surface area (TPSA) is 24.5 Å². The molecule has 2 fully saturated rings. The first kappa shape index (κ1) is 14.6. The third kappa shape index (κ3) is 2.86. The van der Waals surface area contributed by atoms with Crippen molar-refractivity contribution in [2.75, 3.05) is 18.6 Å². The second-order valence-corrected chi connectivity index (χ2v) is 6.23. The fourth-order valence-electron chi connectivity index (χ4n) is 3.93. The zero-order valence-corrected chi connectivity index (χ0v) is 12.9. The van der Waals surface area contributed by atoms with Crippen LogP contribution in [0.15, 0.2) is 18.2 Å². The average molecular weight is 292 g/mol. The second-order valence-electron chi connectivity index (χ2n) is 6.23. The number of fused-ring (bicyclic) bond motifs is 2. The lowest BCUT2D eigenvalue weighted by atomic mass is 9.96. The van der Waals surface area contributed by atoms with Crippen LogP contribution in [0.5, 0.6) is 5.75 Å². The highest BCUT2D eigenvalue weighted by molar-refractivity contribution is 5.53. The van der Waals surface area contributed by atoms with Crippen molar-refractivity contribution >= 4 is 5.69 Å². The Morgan fingerprint density at radius 3 is 2.57 bits per heavy atom. The van der Waals surface area contributed by atoms with E-state index < -0.39 is 0 Å². The van der Waals surface area contributed by atoms with Crippen molar-refractivity contribution in [1.29, 1.82) is 0 Å². The van der Waals surface area contributed by atoms with Crippen LogP contribution >= 0.6 is 0 Å². The number of hydrogen-bond donors (Lipinski definition) is 1. The molecule has 2 atom stereocenters. The van der Waals surface area contributed by atoms with E-state index in [0.29, 0.717) is 23.9 Å². The van der Waals surface area contributed by atoms with Gasteiger partial charge >= 0.3 is 0 Å². The fraction of sp³-hybridized carbons (Fsp3) is 0.647. The van der Waals surface area contributed by atoms with E-state index in [1.807, 2.05) is 6.07 Å². The molecule has 0 aromatic heterocycles. The van der Waals surface area contributed by atoms with E-state index in [-0.39, 0.29) is 5.82 Å². The summed E-state index contributed by atoms with van der Waals surface area (Å²) in [6.07, 6.45) is 5.97. The SMILES string of the molecule is CCCNC1CC2CCC(C1)N2c1ccc(OC)c(F)c1. The Labute approximate surface area is 126 Å². The van der Waals surface area contributed by atoms with Crippen LogP contribution in [0.25, 0.3) is 0 Å². The normalized spacial score (nSPS) is 28.0. The van der Waals surface area contributed by atoms with Crippen LogP contribution in [0.3, 0.4) is 0 Å². The van der Waals surface area contributed by atoms with Crippen LogP contribution in [0.2, 0.25) is 0 Å². The number of nitrogens with zero attached hydrogens (tertiary/aromatic N) is 1. The predicted octanol–water partition coefficient (Wildman–Crippen LogP) is 3.33. The molecule has 3 nitrogen and oxygen atoms in total. The van der Waals surface area contributed by atoms with Crippen LogP contribution in [0.4, 0.5) is 10.1 Å². The van der Waals surface area contributed by atoms with E-state index >= 15 is 0 Å². The molecule has 0 aliphatic carbocycles. The minimum atomic E-state index is -0.263. The number of piperidine rings is 1. The molecule has 1 aromatic rings. The number of halogens is 1. The molecule has 2 bridgehead atoms. The lowest BCUT2D eigenvalue weighted by Crippen LogP contribution is -2.49. The van der Waals surface area contributed by atoms with Crippen LogP contribution in [-0.2, 0) is 0 Å². The Balaban J connectivity index is 1.74. The van der Waals surface area contributed by atoms with Crippen molar-refractivity contribution in [2.24, 2.45) is 0 Å². The number of rotatable bonds is 5. The zero-order chi connectivity index (χ0) is 14.8. The summed E-state index contributed by atoms with van der Waals surface area (Å²) in [5.41, 5.74) is 1.01. The maximum atomic E-state index is 14.0. The van der Waals surface area contributed by atoms with E-state index in [9.17, 15) is 4.39 Å². The van der Waals surface area contributed by atoms with Crippen molar-refractivity contribution < 1.29 is 9.13 Å². The Kier molecular flexibility index (Phi) is 4.34. The highest BCUT2D eigenvalue weighted by Crippen LogP contribution is 2.40. The minimum absolute atomic E-state index is 0.263. The number of methoxy groups -OCH3 is 1. The maximum absolute atomic E-state index is 14.0. The first-order chi connectivity index (χ1) is 10.2. The Bertz CT molecular complexity index is 480. The van der Waals surface area contributed by atoms with Crippen molar-refractivity contribution in [3.8, 4) is 5.75 Å². The standard InChI is InChI=1S/C17H25FN2O/c1-3-8-19-12-9-13-4-5-14(10-12)20(13)15-6-7-17(21-2)16(18)11-15/h6-7,11-14,19H,3-5,8-10H2,1-2H3. The van der Waals surface area contributed by atoms with Crippen LogP contribution in [0.1, 0.15) is 39.0 Å². The van der Waals surface area contributed by atoms with E-state index in [4.69, 9.17) is 4.74 Å². The largest absolute Gasteiger partial charge is 0.494 e. The van der Waals surface area contributed by atoms with E-state index in [0.717, 1.165) is 12.2 Å². The molecule has 0 spiro atoms. The molecule has 4 heteroatoms. The molecular weight excluding hydrogens is 267 g/mol. The molecule has 2 saturated heterocycles. The molecule has 2 unspecified atom stereocenters. The lowest BCUT2D eigenvalue weighted by molar-refractivity contribution is 0.355. The van der Waals surface area contributed by atoms with Gasteiger partial charge in [-0.1, -0.05) is 6.92 Å². The molecule has 0 amide bonds. The highest BCUT2D eigenvalue weighted by atomic mass is 19.1. The number of nitrogens with one attached hydrogen (secondary N) is 1. The van der Waals surface area contributed by atoms with E-state index in [1.54, 1.807) is 12.1 Å². The average Bonchev–Trinajstić information content (AvgIpc) is 2.76. The summed E-state index contributed by atoms with van der Waals surface area (Å²) in [7, 11) is 1.51. The van der Waals surface area contributed by atoms with E-state index in [1.165, 1.54) is 39.2 Å². The third-order valence-corrected chi connectivity index (χ3v) is 4.85. The second kappa shape index (κ2) is 6.22. The summed E-state index contributed by atoms with van der Waals surface area (Å²) in [6.45, 7) is 3.30. The summed E-state index contributed by atoms with van der Waals surface area (Å²) in [6, 6.07) is 7.08. The number of hydrogen-bond acceptors (Lipinski definition) is 3. The van der Waals surface area contributed by atoms with Gasteiger partial charge in [0.2, 0.25) is 0 Å². The summed E-state index contributed by atoms with van der Waals surface area (Å²) in [5, 5.41) is 3.65. The molecule has 2 aliphatic rings. The molecule has 2 aliphatic heterocycles. The Morgan fingerprint density at radius 2 is 2.00 bits per heavy atom. The van der Waals surface area contributed by atoms with Gasteiger partial charge in [0, 0.05) is 29.9 Å². The van der Waals surface area contributed by atoms with Gasteiger partial charge < -0.3 is 15.0 Å². The lowest BCUT2D eigenvalue weighted by Gasteiger charge is -2.41. The van der Waals surface area contributed by atoms with Gasteiger partial charge in [0.15, 0.2) is 11.6 Å². The van der Waals surface area contributed by atoms with E-state index in [2.05, 4.69) is 17.1 Å². The van der Waals surface area contributed by atoms with Crippen LogP contribution in [0, 0.1) is 5.82 Å². The van der Waals surface area contributed by atoms with Crippen molar-refractivity contribution in [3.63, 3.8) is 0 Å². The molecule has 1 N–H and O–H groups in total. The van der Waals surface area contributed by atoms with Gasteiger partial charge in [0.1, 0.15) is 0 Å². The minimum Gasteiger partial charge on any atom is -0.494 e. The zero-order valence-electron chi connectivity index (χ0n) is 12.9. The van der Waals surface area contributed by atoms with Crippen molar-refractivity contribution in [2.45, 2.75) is 57.2 Å². The third-order valence-electron chi connectivity index (χ3n) is 4.85. The number of anilines is 1. The predicted molar refractivity (Wildman–Crippen MR) is 83.6 cm³/mol. The van der Waals surface area contributed by atoms with Gasteiger partial charge in [-0.05, 0) is 50.8 Å². The monoisotopic (exact) mass is 292 g/mol. The van der Waals surface area contributed by atoms with Gasteiger partial charge in [0.25, 0.3) is 0 Å². The van der Waals surface area contributed by atoms with Gasteiger partial charge in [-0.2, -0.15) is 0 Å². The molecule has 0 saturated carbocycles. The number of ether oxygens (including phenoxy) is 1. The molecule has 0 radical (unpaired) electrons. The van der Waals surface area contributed by atoms with Gasteiger partial charge in [-0.15, -0.1) is 0 Å². The fourth-order valence-corrected chi connectivity index (χ4v) is 3.93. The Hall–Kier alpha value is -1.29. The summed E-state index contributed by atoms with van der Waals surface area (Å²) < 4.78 is 19.0. The first-order valence-corrected chi connectivity index (χ1v) is 8.08. The highest BCUT2D eigenvalue weighted by Gasteiger charge is 2.40. The van der Waals surface area contributed by atoms with Crippen molar-refractivity contribution in [1.82, 2.24) is 5.32 Å². The molecule has 3 rings (SSSR count). The van der Waals surface area contributed by atoms with Crippen LogP contribution < -0.4 is 15.0 Å². The quantitative estimate of drug-likeness (QED) is 0.901. The molecule has 2 heterocycles. The smallest absolute Gasteiger partial charge is 0.167 e. The molecule has 21 heavy (non-hydrogen) atoms. The van der Waals surface area contributed by atoms with Crippen molar-refractivity contribution in [3.05, 3.63) is 24.0 Å². The van der Waals surface area contributed by atoms with Crippen LogP contribution in [-0.4, -0.2) is 31.8 Å². The van der Waals surface area contributed by atoms with Gasteiger partial charge in [-0.3, -0.25) is 0 Å². The van der Waals surface area contributed by atoms with Gasteiger partial charge in [0.05, 0.1) is 7.11 Å². The summed E-state index contributed by atoms with van der Waals surface area (Å²) in [5.74, 6) is 0.0613. The van der Waals surface area contributed by atoms with Gasteiger partial charge in [-0.25, -0.2) is 4.39 Å². The molecule has 1 aromatic carbocycles. The maximum Gasteiger partial charge on any atom is 0.167 e. The summed E-state index contributed by atoms with van der Waals surface area (Å²) in [4.78, 5) is 2.44. The first-order valence-electron chi connectivity index (χ1n) is 8.08. The summed E-state index contributed by atoms with van der Waals surface area (Å²) >= 11 is 0.